The van der Waals surface area contributed by atoms with Crippen LogP contribution in [0.2, 0.25) is 0 Å². The first-order valence-corrected chi connectivity index (χ1v) is 7.94. The number of nitrogens with two attached hydrogens (primary N) is 1. The lowest BCUT2D eigenvalue weighted by Gasteiger charge is -2.18. The summed E-state index contributed by atoms with van der Waals surface area (Å²) in [5, 5.41) is 52.2. The van der Waals surface area contributed by atoms with Gasteiger partial charge in [0.2, 0.25) is 5.95 Å². The van der Waals surface area contributed by atoms with Crippen molar-refractivity contribution in [3.63, 3.8) is 0 Å². The lowest BCUT2D eigenvalue weighted by atomic mass is 9.96. The van der Waals surface area contributed by atoms with Crippen molar-refractivity contribution in [2.45, 2.75) is 43.3 Å². The maximum Gasteiger partial charge on any atom is 0.354 e. The van der Waals surface area contributed by atoms with Crippen LogP contribution in [0.1, 0.15) is 25.5 Å². The summed E-state index contributed by atoms with van der Waals surface area (Å²) in [4.78, 5) is 49.0. The summed E-state index contributed by atoms with van der Waals surface area (Å²) in [6, 6.07) is 0. The van der Waals surface area contributed by atoms with Gasteiger partial charge in [0.15, 0.2) is 5.60 Å². The maximum absolute atomic E-state index is 11.4. The van der Waals surface area contributed by atoms with E-state index < -0.39 is 60.5 Å². The van der Waals surface area contributed by atoms with Gasteiger partial charge in [-0.15, -0.1) is 0 Å². The number of hydrogen-bond donors (Lipinski definition) is 7. The van der Waals surface area contributed by atoms with Gasteiger partial charge in [0.05, 0.1) is 25.6 Å². The Morgan fingerprint density at radius 1 is 1.24 bits per heavy atom. The van der Waals surface area contributed by atoms with Crippen LogP contribution in [0.15, 0.2) is 11.1 Å². The molecule has 162 valence electrons. The average molecular weight is 420 g/mol. The molecule has 1 fully saturated rings. The molecule has 0 aliphatic carbocycles. The van der Waals surface area contributed by atoms with Crippen molar-refractivity contribution in [1.29, 1.82) is 0 Å². The Bertz CT molecular complexity index is 795. The molecule has 2 rings (SSSR count). The summed E-state index contributed by atoms with van der Waals surface area (Å²) in [6.07, 6.45) is -3.03. The first kappa shape index (κ1) is 23.9. The number of aliphatic carboxylic acids is 3. The molecule has 0 spiro atoms. The molecule has 3 atom stereocenters. The van der Waals surface area contributed by atoms with Gasteiger partial charge in [-0.1, -0.05) is 0 Å². The van der Waals surface area contributed by atoms with Crippen LogP contribution in [0.5, 0.6) is 0 Å². The monoisotopic (exact) mass is 420 g/mol. The second kappa shape index (κ2) is 9.87. The summed E-state index contributed by atoms with van der Waals surface area (Å²) in [6.45, 7) is -0.303. The predicted octanol–water partition coefficient (Wildman–Crippen LogP) is -3.39. The van der Waals surface area contributed by atoms with Crippen LogP contribution in [0.3, 0.4) is 0 Å². The van der Waals surface area contributed by atoms with Crippen molar-refractivity contribution in [2.75, 3.05) is 12.3 Å². The average Bonchev–Trinajstić information content (AvgIpc) is 2.94. The van der Waals surface area contributed by atoms with Gasteiger partial charge in [-0.2, -0.15) is 4.98 Å². The van der Waals surface area contributed by atoms with Crippen LogP contribution < -0.4 is 11.4 Å². The molecule has 1 aliphatic rings. The van der Waals surface area contributed by atoms with Crippen molar-refractivity contribution < 1.29 is 49.8 Å². The van der Waals surface area contributed by atoms with E-state index in [0.717, 1.165) is 4.57 Å². The lowest BCUT2D eigenvalue weighted by molar-refractivity contribution is -0.170. The van der Waals surface area contributed by atoms with Crippen molar-refractivity contribution >= 4 is 23.9 Å². The highest BCUT2D eigenvalue weighted by Gasteiger charge is 2.40. The molecule has 0 bridgehead atoms. The zero-order chi connectivity index (χ0) is 22.4. The molecular weight excluding hydrogens is 400 g/mol. The minimum Gasteiger partial charge on any atom is -0.481 e. The molecule has 2 heterocycles. The van der Waals surface area contributed by atoms with E-state index in [1.54, 1.807) is 0 Å². The van der Waals surface area contributed by atoms with Crippen molar-refractivity contribution in [3.05, 3.63) is 16.8 Å². The molecule has 1 aromatic heterocycles. The van der Waals surface area contributed by atoms with Gasteiger partial charge < -0.3 is 41.1 Å². The summed E-state index contributed by atoms with van der Waals surface area (Å²) in [7, 11) is 0. The van der Waals surface area contributed by atoms with Crippen LogP contribution in [0.4, 0.5) is 5.95 Å². The van der Waals surface area contributed by atoms with Crippen LogP contribution in [-0.4, -0.2) is 87.5 Å². The predicted molar refractivity (Wildman–Crippen MR) is 89.4 cm³/mol. The van der Waals surface area contributed by atoms with Gasteiger partial charge in [-0.3, -0.25) is 14.2 Å². The minimum absolute atomic E-state index is 0.112. The van der Waals surface area contributed by atoms with Gasteiger partial charge in [-0.05, 0) is 0 Å². The molecule has 0 aromatic carbocycles. The summed E-state index contributed by atoms with van der Waals surface area (Å²) in [5.41, 5.74) is 1.91. The van der Waals surface area contributed by atoms with E-state index in [1.807, 2.05) is 0 Å². The molecule has 15 nitrogen and oxygen atoms in total. The number of nitrogen functional groups attached to an aromatic ring is 1. The molecule has 0 amide bonds. The van der Waals surface area contributed by atoms with Gasteiger partial charge in [0, 0.05) is 6.42 Å². The number of aromatic nitrogens is 3. The summed E-state index contributed by atoms with van der Waals surface area (Å²) in [5.74, 6) is -5.13. The minimum atomic E-state index is -2.74. The topological polar surface area (TPSA) is 256 Å². The molecule has 0 unspecified atom stereocenters. The smallest absolute Gasteiger partial charge is 0.354 e. The molecule has 1 aromatic rings. The Morgan fingerprint density at radius 2 is 1.79 bits per heavy atom. The van der Waals surface area contributed by atoms with E-state index in [4.69, 9.17) is 36.0 Å². The number of aliphatic hydroxyl groups excluding tert-OH is 2. The highest BCUT2D eigenvalue weighted by Crippen LogP contribution is 2.26. The van der Waals surface area contributed by atoms with Crippen LogP contribution in [0, 0.1) is 0 Å². The third-order valence-electron chi connectivity index (χ3n) is 3.73. The number of nitrogens with zero attached hydrogens (tertiary/aromatic N) is 3. The number of carboxylic acids is 3. The highest BCUT2D eigenvalue weighted by molar-refractivity contribution is 5.88. The van der Waals surface area contributed by atoms with Crippen molar-refractivity contribution in [3.8, 4) is 0 Å². The molecule has 1 aliphatic heterocycles. The first-order chi connectivity index (χ1) is 13.4. The maximum atomic E-state index is 11.4. The first-order valence-electron chi connectivity index (χ1n) is 7.94. The van der Waals surface area contributed by atoms with E-state index in [0.29, 0.717) is 0 Å². The largest absolute Gasteiger partial charge is 0.481 e. The number of rotatable bonds is 7. The van der Waals surface area contributed by atoms with Gasteiger partial charge in [-0.25, -0.2) is 14.6 Å². The van der Waals surface area contributed by atoms with E-state index in [2.05, 4.69) is 9.97 Å². The Morgan fingerprint density at radius 3 is 2.17 bits per heavy atom. The van der Waals surface area contributed by atoms with Crippen molar-refractivity contribution in [1.82, 2.24) is 14.5 Å². The normalized spacial score (nSPS) is 21.1. The fourth-order valence-corrected chi connectivity index (χ4v) is 2.32. The highest BCUT2D eigenvalue weighted by atomic mass is 16.5. The van der Waals surface area contributed by atoms with E-state index >= 15 is 0 Å². The lowest BCUT2D eigenvalue weighted by Crippen LogP contribution is -2.42. The Labute approximate surface area is 161 Å². The summed E-state index contributed by atoms with van der Waals surface area (Å²) >= 11 is 0. The van der Waals surface area contributed by atoms with Crippen molar-refractivity contribution in [2.24, 2.45) is 0 Å². The number of anilines is 1. The van der Waals surface area contributed by atoms with Crippen LogP contribution >= 0.6 is 0 Å². The van der Waals surface area contributed by atoms with Gasteiger partial charge in [0.1, 0.15) is 18.7 Å². The van der Waals surface area contributed by atoms with Gasteiger partial charge in [0.25, 0.3) is 0 Å². The Balaban J connectivity index is 0.000000298. The molecule has 0 saturated carbocycles. The van der Waals surface area contributed by atoms with E-state index in [1.165, 1.54) is 6.33 Å². The number of hydrogen-bond acceptors (Lipinski definition) is 11. The molecule has 15 heteroatoms. The van der Waals surface area contributed by atoms with Crippen LogP contribution in [0.25, 0.3) is 0 Å². The zero-order valence-corrected chi connectivity index (χ0v) is 14.8. The zero-order valence-electron chi connectivity index (χ0n) is 14.8. The van der Waals surface area contributed by atoms with E-state index in [9.17, 15) is 24.3 Å². The Hall–Kier alpha value is -3.14. The third-order valence-corrected chi connectivity index (χ3v) is 3.73. The number of carbonyl (C=O) groups is 3. The van der Waals surface area contributed by atoms with Crippen LogP contribution in [-0.2, 0) is 19.1 Å². The van der Waals surface area contributed by atoms with E-state index in [-0.39, 0.29) is 19.0 Å². The fraction of sp³-hybridized carbons (Fsp3) is 0.571. The second-order valence-corrected chi connectivity index (χ2v) is 6.00. The number of ether oxygens (including phenoxy) is 1. The molecule has 1 saturated heterocycles. The standard InChI is InChI=1S/C8H12N4O4.C6H8O7/c9-7-10-3-12(8(15)11-7)6-1-4(14)5(2-13)16-6;7-3(8)1-6(13,5(11)12)2-4(9)10/h3-6,13-14H,1-2H2,(H2,9,11,15);13H,1-2H2,(H,7,8)(H,9,10)(H,11,12)/t4-,5+,6+;/m0./s1. The summed E-state index contributed by atoms with van der Waals surface area (Å²) < 4.78 is 6.41. The number of aliphatic hydroxyl groups is 3. The molecule has 29 heavy (non-hydrogen) atoms. The third kappa shape index (κ3) is 6.75. The SMILES string of the molecule is Nc1ncn([C@H]2C[C@H](O)[C@@H](CO)O2)c(=O)n1.O=C(O)CC(O)(CC(=O)O)C(=O)O. The Kier molecular flexibility index (Phi) is 8.14. The molecular formula is C14H20N4O11. The quantitative estimate of drug-likeness (QED) is 0.227. The van der Waals surface area contributed by atoms with Gasteiger partial charge >= 0.3 is 23.6 Å². The molecule has 8 N–H and O–H groups in total. The second-order valence-electron chi connectivity index (χ2n) is 6.00. The number of carboxylic acid groups (broad SMARTS) is 3. The fourth-order valence-electron chi connectivity index (χ4n) is 2.32. The molecule has 0 radical (unpaired) electrons.